The molecule has 1 N–H and O–H groups in total. The molecule has 0 aliphatic carbocycles. The first-order valence-corrected chi connectivity index (χ1v) is 5.45. The number of rotatable bonds is 4. The van der Waals surface area contributed by atoms with Gasteiger partial charge in [-0.25, -0.2) is 0 Å². The minimum Gasteiger partial charge on any atom is -0.351 e. The van der Waals surface area contributed by atoms with Gasteiger partial charge in [-0.05, 0) is 19.1 Å². The molecule has 0 saturated heterocycles. The molecular formula is C11H10ClN3O3. The highest BCUT2D eigenvalue weighted by molar-refractivity contribution is 6.32. The third kappa shape index (κ3) is 3.43. The SMILES string of the molecule is CC(C#N)CNC(=O)c1ccc(Cl)c([N+](=O)[O-])c1. The first-order chi connectivity index (χ1) is 8.45. The maximum absolute atomic E-state index is 11.7. The Labute approximate surface area is 108 Å². The maximum atomic E-state index is 11.7. The Morgan fingerprint density at radius 3 is 2.89 bits per heavy atom. The van der Waals surface area contributed by atoms with Gasteiger partial charge in [-0.1, -0.05) is 11.6 Å². The summed E-state index contributed by atoms with van der Waals surface area (Å²) in [5.74, 6) is -0.798. The number of nitrogens with zero attached hydrogens (tertiary/aromatic N) is 2. The van der Waals surface area contributed by atoms with Crippen molar-refractivity contribution in [2.75, 3.05) is 6.54 Å². The van der Waals surface area contributed by atoms with Gasteiger partial charge in [0.05, 0.1) is 16.9 Å². The zero-order valence-corrected chi connectivity index (χ0v) is 10.3. The first-order valence-electron chi connectivity index (χ1n) is 5.07. The van der Waals surface area contributed by atoms with Crippen molar-refractivity contribution in [3.63, 3.8) is 0 Å². The van der Waals surface area contributed by atoms with Crippen LogP contribution < -0.4 is 5.32 Å². The number of nitro benzene ring substituents is 1. The summed E-state index contributed by atoms with van der Waals surface area (Å²) in [5.41, 5.74) is -0.186. The van der Waals surface area contributed by atoms with Crippen molar-refractivity contribution in [3.05, 3.63) is 38.9 Å². The van der Waals surface area contributed by atoms with E-state index in [1.807, 2.05) is 6.07 Å². The molecule has 1 aromatic rings. The maximum Gasteiger partial charge on any atom is 0.288 e. The molecule has 18 heavy (non-hydrogen) atoms. The predicted octanol–water partition coefficient (Wildman–Crippen LogP) is 2.14. The van der Waals surface area contributed by atoms with Gasteiger partial charge in [0.25, 0.3) is 11.6 Å². The Bertz CT molecular complexity index is 525. The number of carbonyl (C=O) groups excluding carboxylic acids is 1. The monoisotopic (exact) mass is 267 g/mol. The normalized spacial score (nSPS) is 11.4. The first kappa shape index (κ1) is 13.9. The minimum absolute atomic E-state index is 0.0260. The number of nitro groups is 1. The molecule has 1 aromatic carbocycles. The predicted molar refractivity (Wildman–Crippen MR) is 65.2 cm³/mol. The lowest BCUT2D eigenvalue weighted by Crippen LogP contribution is -2.27. The molecule has 7 heteroatoms. The second-order valence-corrected chi connectivity index (χ2v) is 4.07. The van der Waals surface area contributed by atoms with E-state index in [2.05, 4.69) is 5.32 Å². The number of nitriles is 1. The van der Waals surface area contributed by atoms with Crippen LogP contribution in [-0.4, -0.2) is 17.4 Å². The smallest absolute Gasteiger partial charge is 0.288 e. The van der Waals surface area contributed by atoms with Gasteiger partial charge in [0.2, 0.25) is 0 Å². The highest BCUT2D eigenvalue weighted by Crippen LogP contribution is 2.24. The van der Waals surface area contributed by atoms with Crippen LogP contribution in [0.4, 0.5) is 5.69 Å². The molecule has 0 saturated carbocycles. The van der Waals surface area contributed by atoms with E-state index in [1.165, 1.54) is 12.1 Å². The highest BCUT2D eigenvalue weighted by Gasteiger charge is 2.16. The fourth-order valence-electron chi connectivity index (χ4n) is 1.19. The highest BCUT2D eigenvalue weighted by atomic mass is 35.5. The third-order valence-corrected chi connectivity index (χ3v) is 2.51. The average molecular weight is 268 g/mol. The van der Waals surface area contributed by atoms with E-state index in [0.717, 1.165) is 6.07 Å². The zero-order chi connectivity index (χ0) is 13.7. The lowest BCUT2D eigenvalue weighted by Gasteiger charge is -2.06. The van der Waals surface area contributed by atoms with Crippen molar-refractivity contribution in [2.45, 2.75) is 6.92 Å². The quantitative estimate of drug-likeness (QED) is 0.667. The van der Waals surface area contributed by atoms with Gasteiger partial charge < -0.3 is 5.32 Å². The van der Waals surface area contributed by atoms with Crippen LogP contribution in [0.1, 0.15) is 17.3 Å². The van der Waals surface area contributed by atoms with E-state index >= 15 is 0 Å². The van der Waals surface area contributed by atoms with Crippen molar-refractivity contribution >= 4 is 23.2 Å². The summed E-state index contributed by atoms with van der Waals surface area (Å²) in [5, 5.41) is 21.7. The Morgan fingerprint density at radius 1 is 1.67 bits per heavy atom. The summed E-state index contributed by atoms with van der Waals surface area (Å²) in [6.45, 7) is 1.84. The third-order valence-electron chi connectivity index (χ3n) is 2.19. The lowest BCUT2D eigenvalue weighted by molar-refractivity contribution is -0.384. The van der Waals surface area contributed by atoms with E-state index in [0.29, 0.717) is 0 Å². The van der Waals surface area contributed by atoms with Gasteiger partial charge in [-0.15, -0.1) is 0 Å². The summed E-state index contributed by atoms with van der Waals surface area (Å²) >= 11 is 5.63. The molecule has 0 spiro atoms. The summed E-state index contributed by atoms with van der Waals surface area (Å²) in [7, 11) is 0. The van der Waals surface area contributed by atoms with Crippen LogP contribution in [0, 0.1) is 27.4 Å². The number of nitrogens with one attached hydrogen (secondary N) is 1. The van der Waals surface area contributed by atoms with E-state index in [1.54, 1.807) is 6.92 Å². The molecule has 0 heterocycles. The second-order valence-electron chi connectivity index (χ2n) is 3.66. The molecule has 6 nitrogen and oxygen atoms in total. The topological polar surface area (TPSA) is 96.0 Å². The van der Waals surface area contributed by atoms with Crippen molar-refractivity contribution in [1.29, 1.82) is 5.26 Å². The Hall–Kier alpha value is -2.13. The average Bonchev–Trinajstić information content (AvgIpc) is 2.35. The molecule has 94 valence electrons. The molecule has 0 aliphatic heterocycles. The molecule has 0 fully saturated rings. The molecule has 1 amide bonds. The van der Waals surface area contributed by atoms with Crippen molar-refractivity contribution in [1.82, 2.24) is 5.32 Å². The molecule has 0 aliphatic rings. The van der Waals surface area contributed by atoms with Crippen molar-refractivity contribution in [3.8, 4) is 6.07 Å². The van der Waals surface area contributed by atoms with Crippen LogP contribution >= 0.6 is 11.6 Å². The number of halogens is 1. The molecule has 0 bridgehead atoms. The van der Waals surface area contributed by atoms with E-state index in [4.69, 9.17) is 16.9 Å². The second kappa shape index (κ2) is 5.98. The fraction of sp³-hybridized carbons (Fsp3) is 0.273. The van der Waals surface area contributed by atoms with Gasteiger partial charge >= 0.3 is 0 Å². The Balaban J connectivity index is 2.84. The summed E-state index contributed by atoms with van der Waals surface area (Å²) < 4.78 is 0. The van der Waals surface area contributed by atoms with Crippen LogP contribution in [0.3, 0.4) is 0 Å². The molecule has 0 radical (unpaired) electrons. The van der Waals surface area contributed by atoms with E-state index in [9.17, 15) is 14.9 Å². The van der Waals surface area contributed by atoms with Gasteiger partial charge in [0, 0.05) is 18.2 Å². The zero-order valence-electron chi connectivity index (χ0n) is 9.51. The van der Waals surface area contributed by atoms with Crippen LogP contribution in [0.25, 0.3) is 0 Å². The van der Waals surface area contributed by atoms with Crippen LogP contribution in [-0.2, 0) is 0 Å². The summed E-state index contributed by atoms with van der Waals surface area (Å²) in [4.78, 5) is 21.7. The largest absolute Gasteiger partial charge is 0.351 e. The molecule has 1 unspecified atom stereocenters. The fourth-order valence-corrected chi connectivity index (χ4v) is 1.37. The van der Waals surface area contributed by atoms with Gasteiger partial charge in [-0.2, -0.15) is 5.26 Å². The lowest BCUT2D eigenvalue weighted by atomic mass is 10.1. The van der Waals surface area contributed by atoms with Gasteiger partial charge in [0.1, 0.15) is 5.02 Å². The Kier molecular flexibility index (Phi) is 4.63. The molecular weight excluding hydrogens is 258 g/mol. The number of carbonyl (C=O) groups is 1. The minimum atomic E-state index is -0.656. The standard InChI is InChI=1S/C11H10ClN3O3/c1-7(5-13)6-14-11(16)8-2-3-9(12)10(4-8)15(17)18/h2-4,7H,6H2,1H3,(H,14,16). The molecule has 0 aromatic heterocycles. The van der Waals surface area contributed by atoms with E-state index in [-0.39, 0.29) is 28.7 Å². The van der Waals surface area contributed by atoms with E-state index < -0.39 is 10.8 Å². The molecule has 1 rings (SSSR count). The van der Waals surface area contributed by atoms with Gasteiger partial charge in [-0.3, -0.25) is 14.9 Å². The Morgan fingerprint density at radius 2 is 2.33 bits per heavy atom. The van der Waals surface area contributed by atoms with Crippen LogP contribution in [0.5, 0.6) is 0 Å². The number of benzene rings is 1. The number of hydrogen-bond donors (Lipinski definition) is 1. The number of amides is 1. The van der Waals surface area contributed by atoms with Gasteiger partial charge in [0.15, 0.2) is 0 Å². The molecule has 1 atom stereocenters. The summed E-state index contributed by atoms with van der Waals surface area (Å²) in [6.07, 6.45) is 0. The van der Waals surface area contributed by atoms with Crippen LogP contribution in [0.15, 0.2) is 18.2 Å². The van der Waals surface area contributed by atoms with Crippen molar-refractivity contribution in [2.24, 2.45) is 5.92 Å². The summed E-state index contributed by atoms with van der Waals surface area (Å²) in [6, 6.07) is 5.76. The van der Waals surface area contributed by atoms with Crippen molar-refractivity contribution < 1.29 is 9.72 Å². The number of hydrogen-bond acceptors (Lipinski definition) is 4. The van der Waals surface area contributed by atoms with Crippen LogP contribution in [0.2, 0.25) is 5.02 Å².